The molecular weight excluding hydrogens is 661 g/mol. The first-order chi connectivity index (χ1) is 22.7. The molecule has 1 aliphatic heterocycles. The zero-order chi connectivity index (χ0) is 33.1. The molecule has 0 N–H and O–H groups in total. The number of ether oxygens (including phenoxy) is 2. The topological polar surface area (TPSA) is 113 Å². The first kappa shape index (κ1) is 31.9. The zero-order valence-corrected chi connectivity index (χ0v) is 27.1. The Bertz CT molecular complexity index is 2200. The molecule has 2 heterocycles. The Labute approximate surface area is 282 Å². The molecule has 0 saturated carbocycles. The van der Waals surface area contributed by atoms with Gasteiger partial charge in [0.25, 0.3) is 11.2 Å². The van der Waals surface area contributed by atoms with Gasteiger partial charge in [0.15, 0.2) is 4.80 Å². The molecule has 1 aliphatic rings. The minimum Gasteiger partial charge on any atom is -0.488 e. The van der Waals surface area contributed by atoms with Gasteiger partial charge in [0.2, 0.25) is 0 Å². The molecule has 9 nitrogen and oxygen atoms in total. The van der Waals surface area contributed by atoms with Crippen LogP contribution in [0.3, 0.4) is 0 Å². The lowest BCUT2D eigenvalue weighted by Crippen LogP contribution is -2.40. The van der Waals surface area contributed by atoms with Crippen molar-refractivity contribution in [2.45, 2.75) is 19.6 Å². The Morgan fingerprint density at radius 3 is 2.38 bits per heavy atom. The zero-order valence-electron chi connectivity index (χ0n) is 24.8. The van der Waals surface area contributed by atoms with Crippen LogP contribution in [0.2, 0.25) is 10.0 Å². The molecule has 0 radical (unpaired) electrons. The maximum atomic E-state index is 14.3. The van der Waals surface area contributed by atoms with Crippen molar-refractivity contribution in [1.82, 2.24) is 4.57 Å². The highest BCUT2D eigenvalue weighted by Gasteiger charge is 2.35. The number of aromatic nitrogens is 1. The Hall–Kier alpha value is -5.03. The van der Waals surface area contributed by atoms with E-state index in [0.29, 0.717) is 47.5 Å². The van der Waals surface area contributed by atoms with Gasteiger partial charge in [-0.25, -0.2) is 9.79 Å². The molecule has 1 atom stereocenters. The number of nitro groups is 1. The smallest absolute Gasteiger partial charge is 0.338 e. The lowest BCUT2D eigenvalue weighted by Gasteiger charge is -2.25. The summed E-state index contributed by atoms with van der Waals surface area (Å²) in [6.45, 7) is 1.99. The number of hydrogen-bond donors (Lipinski definition) is 0. The first-order valence-electron chi connectivity index (χ1n) is 14.4. The summed E-state index contributed by atoms with van der Waals surface area (Å²) < 4.78 is 13.4. The van der Waals surface area contributed by atoms with Gasteiger partial charge in [-0.15, -0.1) is 0 Å². The van der Waals surface area contributed by atoms with Crippen LogP contribution in [0, 0.1) is 10.1 Å². The van der Waals surface area contributed by atoms with Gasteiger partial charge in [-0.1, -0.05) is 77.0 Å². The average Bonchev–Trinajstić information content (AvgIpc) is 3.38. The van der Waals surface area contributed by atoms with Gasteiger partial charge in [0.1, 0.15) is 12.4 Å². The van der Waals surface area contributed by atoms with Crippen LogP contribution in [0.5, 0.6) is 5.75 Å². The van der Waals surface area contributed by atoms with Crippen LogP contribution in [0.4, 0.5) is 5.69 Å². The van der Waals surface area contributed by atoms with E-state index in [1.807, 2.05) is 30.3 Å². The maximum absolute atomic E-state index is 14.3. The third kappa shape index (κ3) is 6.76. The number of nitro benzene ring substituents is 1. The quantitative estimate of drug-likeness (QED) is 0.0966. The van der Waals surface area contributed by atoms with Gasteiger partial charge in [-0.2, -0.15) is 0 Å². The number of nitrogens with zero attached hydrogens (tertiary/aromatic N) is 3. The number of benzene rings is 4. The minimum absolute atomic E-state index is 0.0188. The second-order valence-corrected chi connectivity index (χ2v) is 12.3. The average molecular weight is 687 g/mol. The molecule has 0 aliphatic carbocycles. The van der Waals surface area contributed by atoms with Gasteiger partial charge < -0.3 is 9.47 Å². The van der Waals surface area contributed by atoms with E-state index in [1.165, 1.54) is 28.0 Å². The number of carbonyl (C=O) groups excluding carboxylic acids is 1. The highest BCUT2D eigenvalue weighted by atomic mass is 35.5. The van der Waals surface area contributed by atoms with Crippen LogP contribution in [0.15, 0.2) is 112 Å². The fourth-order valence-electron chi connectivity index (χ4n) is 5.18. The number of non-ortho nitro benzene ring substituents is 1. The molecule has 236 valence electrons. The van der Waals surface area contributed by atoms with E-state index >= 15 is 0 Å². The van der Waals surface area contributed by atoms with Crippen LogP contribution in [-0.2, 0) is 16.1 Å². The van der Waals surface area contributed by atoms with Crippen molar-refractivity contribution < 1.29 is 19.2 Å². The largest absolute Gasteiger partial charge is 0.488 e. The van der Waals surface area contributed by atoms with Gasteiger partial charge in [0, 0.05) is 33.3 Å². The number of hydrogen-bond acceptors (Lipinski definition) is 8. The van der Waals surface area contributed by atoms with E-state index in [0.717, 1.165) is 5.56 Å². The van der Waals surface area contributed by atoms with Crippen LogP contribution in [0.1, 0.15) is 35.2 Å². The maximum Gasteiger partial charge on any atom is 0.338 e. The molecule has 12 heteroatoms. The summed E-state index contributed by atoms with van der Waals surface area (Å²) in [4.78, 5) is 43.7. The van der Waals surface area contributed by atoms with E-state index < -0.39 is 16.9 Å². The summed E-state index contributed by atoms with van der Waals surface area (Å²) in [5.41, 5.74) is 2.87. The number of rotatable bonds is 9. The van der Waals surface area contributed by atoms with Crippen molar-refractivity contribution >= 4 is 58.0 Å². The Kier molecular flexibility index (Phi) is 9.35. The molecule has 0 spiro atoms. The fraction of sp³-hybridized carbons (Fsp3) is 0.114. The standard InChI is InChI=1S/C35H25Cl2N3O6S/c1-2-45-34(42)30-31(22-6-4-3-5-7-22)38-35-39(32(30)23-10-12-25(36)13-11-23)33(41)29(47-35)19-24-18-26(37)14-17-28(24)46-20-21-8-15-27(16-9-21)40(43)44/h3-19,32H,2,20H2,1H3/b29-19-/t32-/m1/s1. The normalized spacial score (nSPS) is 14.4. The number of thiazole rings is 1. The second-order valence-electron chi connectivity index (χ2n) is 10.4. The Balaban J connectivity index is 1.49. The number of halogens is 2. The van der Waals surface area contributed by atoms with E-state index in [2.05, 4.69) is 0 Å². The molecule has 0 bridgehead atoms. The molecule has 0 amide bonds. The molecule has 5 aromatic rings. The van der Waals surface area contributed by atoms with Crippen molar-refractivity contribution in [1.29, 1.82) is 0 Å². The van der Waals surface area contributed by atoms with Crippen molar-refractivity contribution in [3.63, 3.8) is 0 Å². The summed E-state index contributed by atoms with van der Waals surface area (Å²) in [7, 11) is 0. The Morgan fingerprint density at radius 1 is 1.00 bits per heavy atom. The molecule has 0 unspecified atom stereocenters. The van der Waals surface area contributed by atoms with Gasteiger partial charge in [-0.05, 0) is 66.6 Å². The van der Waals surface area contributed by atoms with Gasteiger partial charge in [-0.3, -0.25) is 19.5 Å². The van der Waals surface area contributed by atoms with E-state index in [1.54, 1.807) is 67.6 Å². The highest BCUT2D eigenvalue weighted by Crippen LogP contribution is 2.35. The van der Waals surface area contributed by atoms with Crippen LogP contribution < -0.4 is 19.6 Å². The first-order valence-corrected chi connectivity index (χ1v) is 16.0. The number of carbonyl (C=O) groups is 1. The van der Waals surface area contributed by atoms with Crippen LogP contribution >= 0.6 is 34.5 Å². The predicted molar refractivity (Wildman–Crippen MR) is 181 cm³/mol. The van der Waals surface area contributed by atoms with Crippen molar-refractivity contribution in [2.24, 2.45) is 4.99 Å². The SMILES string of the molecule is CCOC(=O)C1=C(c2ccccc2)N=c2s/c(=C\c3cc(Cl)ccc3OCc3ccc([N+](=O)[O-])cc3)c(=O)n2[C@@H]1c1ccc(Cl)cc1. The molecule has 47 heavy (non-hydrogen) atoms. The lowest BCUT2D eigenvalue weighted by atomic mass is 9.93. The van der Waals surface area contributed by atoms with E-state index in [-0.39, 0.29) is 30.0 Å². The summed E-state index contributed by atoms with van der Waals surface area (Å²) in [6, 6.07) is 26.5. The lowest BCUT2D eigenvalue weighted by molar-refractivity contribution is -0.384. The van der Waals surface area contributed by atoms with E-state index in [9.17, 15) is 19.7 Å². The summed E-state index contributed by atoms with van der Waals surface area (Å²) in [6.07, 6.45) is 1.68. The van der Waals surface area contributed by atoms with Crippen molar-refractivity contribution in [3.8, 4) is 5.75 Å². The van der Waals surface area contributed by atoms with Crippen LogP contribution in [0.25, 0.3) is 11.8 Å². The third-order valence-corrected chi connectivity index (χ3v) is 8.83. The second kappa shape index (κ2) is 13.8. The molecule has 0 fully saturated rings. The third-order valence-electron chi connectivity index (χ3n) is 7.36. The van der Waals surface area contributed by atoms with Crippen LogP contribution in [-0.4, -0.2) is 22.1 Å². The van der Waals surface area contributed by atoms with E-state index in [4.69, 9.17) is 37.7 Å². The molecule has 4 aromatic carbocycles. The molecule has 1 aromatic heterocycles. The summed E-state index contributed by atoms with van der Waals surface area (Å²) in [5.74, 6) is -0.133. The monoisotopic (exact) mass is 685 g/mol. The summed E-state index contributed by atoms with van der Waals surface area (Å²) in [5, 5.41) is 12.0. The van der Waals surface area contributed by atoms with Gasteiger partial charge in [0.05, 0.1) is 33.4 Å². The Morgan fingerprint density at radius 2 is 1.70 bits per heavy atom. The minimum atomic E-state index is -0.850. The highest BCUT2D eigenvalue weighted by molar-refractivity contribution is 7.07. The molecule has 6 rings (SSSR count). The summed E-state index contributed by atoms with van der Waals surface area (Å²) >= 11 is 13.8. The van der Waals surface area contributed by atoms with Crippen molar-refractivity contribution in [2.75, 3.05) is 6.61 Å². The van der Waals surface area contributed by atoms with Gasteiger partial charge >= 0.3 is 5.97 Å². The number of esters is 1. The molecule has 0 saturated heterocycles. The predicted octanol–water partition coefficient (Wildman–Crippen LogP) is 6.73. The fourth-order valence-corrected chi connectivity index (χ4v) is 6.48. The number of fused-ring (bicyclic) bond motifs is 1. The van der Waals surface area contributed by atoms with Crippen molar-refractivity contribution in [3.05, 3.63) is 165 Å². The molecular formula is C35H25Cl2N3O6S.